The van der Waals surface area contributed by atoms with Gasteiger partial charge in [0, 0.05) is 39.3 Å². The minimum Gasteiger partial charge on any atom is -0.445 e. The molecular weight excluding hydrogens is 546 g/mol. The summed E-state index contributed by atoms with van der Waals surface area (Å²) in [6.45, 7) is 8.19. The number of nitrogens with zero attached hydrogens (tertiary/aromatic N) is 3. The van der Waals surface area contributed by atoms with E-state index in [4.69, 9.17) is 4.74 Å². The van der Waals surface area contributed by atoms with Gasteiger partial charge in [-0.3, -0.25) is 0 Å². The maximum absolute atomic E-state index is 13.2. The molecule has 3 aromatic carbocycles. The van der Waals surface area contributed by atoms with Crippen molar-refractivity contribution in [2.75, 3.05) is 39.8 Å². The van der Waals surface area contributed by atoms with Crippen LogP contribution in [0, 0.1) is 6.92 Å². The van der Waals surface area contributed by atoms with E-state index in [-0.39, 0.29) is 24.7 Å². The third kappa shape index (κ3) is 8.66. The summed E-state index contributed by atoms with van der Waals surface area (Å²) in [6.07, 6.45) is 3.30. The number of likely N-dealkylation sites (tertiary alicyclic amines) is 1. The molecule has 7 nitrogen and oxygen atoms in total. The molecule has 1 amide bonds. The molecule has 0 saturated carbocycles. The van der Waals surface area contributed by atoms with E-state index < -0.39 is 10.0 Å². The van der Waals surface area contributed by atoms with Gasteiger partial charge < -0.3 is 14.5 Å². The number of piperidine rings is 1. The van der Waals surface area contributed by atoms with Gasteiger partial charge in [-0.2, -0.15) is 0 Å². The van der Waals surface area contributed by atoms with Crippen LogP contribution >= 0.6 is 0 Å². The molecule has 1 fully saturated rings. The van der Waals surface area contributed by atoms with Crippen molar-refractivity contribution in [2.45, 2.75) is 63.0 Å². The van der Waals surface area contributed by atoms with Gasteiger partial charge in [0.05, 0.1) is 4.90 Å². The lowest BCUT2D eigenvalue weighted by Gasteiger charge is -2.38. The topological polar surface area (TPSA) is 70.2 Å². The Labute approximate surface area is 252 Å². The van der Waals surface area contributed by atoms with E-state index in [9.17, 15) is 13.2 Å². The van der Waals surface area contributed by atoms with Gasteiger partial charge >= 0.3 is 6.09 Å². The highest BCUT2D eigenvalue weighted by Gasteiger charge is 2.30. The zero-order valence-electron chi connectivity index (χ0n) is 25.2. The van der Waals surface area contributed by atoms with E-state index in [0.717, 1.165) is 62.0 Å². The number of ether oxygens (including phenoxy) is 1. The summed E-state index contributed by atoms with van der Waals surface area (Å²) in [5, 5.41) is 0. The van der Waals surface area contributed by atoms with E-state index in [1.54, 1.807) is 31.3 Å². The molecule has 1 saturated heterocycles. The first kappa shape index (κ1) is 31.7. The van der Waals surface area contributed by atoms with Crippen LogP contribution in [0.2, 0.25) is 0 Å². The second-order valence-electron chi connectivity index (χ2n) is 11.3. The summed E-state index contributed by atoms with van der Waals surface area (Å²) in [7, 11) is -1.90. The molecule has 0 aliphatic carbocycles. The Morgan fingerprint density at radius 1 is 0.976 bits per heavy atom. The van der Waals surface area contributed by atoms with E-state index in [1.807, 2.05) is 60.4 Å². The molecule has 0 unspecified atom stereocenters. The summed E-state index contributed by atoms with van der Waals surface area (Å²) in [5.74, 6) is 0.0700. The first-order chi connectivity index (χ1) is 20.3. The molecule has 0 N–H and O–H groups in total. The van der Waals surface area contributed by atoms with Crippen molar-refractivity contribution in [3.05, 3.63) is 102 Å². The monoisotopic (exact) mass is 591 g/mol. The van der Waals surface area contributed by atoms with Crippen LogP contribution in [0.3, 0.4) is 0 Å². The largest absolute Gasteiger partial charge is 0.445 e. The molecule has 42 heavy (non-hydrogen) atoms. The number of aryl methyl sites for hydroxylation is 1. The van der Waals surface area contributed by atoms with Crippen molar-refractivity contribution in [1.29, 1.82) is 0 Å². The number of likely N-dealkylation sites (N-methyl/N-ethyl adjacent to an activating group) is 1. The number of sulfonamides is 1. The molecule has 226 valence electrons. The van der Waals surface area contributed by atoms with Crippen molar-refractivity contribution in [3.63, 3.8) is 0 Å². The Kier molecular flexibility index (Phi) is 11.6. The molecular formula is C34H45N3O4S. The van der Waals surface area contributed by atoms with Crippen LogP contribution in [0.15, 0.2) is 89.8 Å². The Morgan fingerprint density at radius 2 is 1.64 bits per heavy atom. The van der Waals surface area contributed by atoms with Crippen molar-refractivity contribution >= 4 is 16.1 Å². The van der Waals surface area contributed by atoms with Crippen molar-refractivity contribution in [3.8, 4) is 0 Å². The van der Waals surface area contributed by atoms with Crippen LogP contribution in [0.5, 0.6) is 0 Å². The number of hydrogen-bond donors (Lipinski definition) is 0. The van der Waals surface area contributed by atoms with E-state index in [2.05, 4.69) is 24.0 Å². The van der Waals surface area contributed by atoms with Gasteiger partial charge in [0.15, 0.2) is 0 Å². The summed E-state index contributed by atoms with van der Waals surface area (Å²) >= 11 is 0. The highest BCUT2D eigenvalue weighted by Crippen LogP contribution is 2.26. The molecule has 4 rings (SSSR count). The average molecular weight is 592 g/mol. The first-order valence-electron chi connectivity index (χ1n) is 15.1. The van der Waals surface area contributed by atoms with Gasteiger partial charge in [-0.25, -0.2) is 17.5 Å². The number of amides is 1. The lowest BCUT2D eigenvalue weighted by atomic mass is 9.94. The number of rotatable bonds is 13. The highest BCUT2D eigenvalue weighted by atomic mass is 32.2. The Morgan fingerprint density at radius 3 is 2.29 bits per heavy atom. The SMILES string of the molecule is CCCN(C(=O)OCc1cccc(C)c1)C1CCN(CC[C@H](CN(C)S(=O)(=O)c2ccccc2)c2ccccc2)CC1. The average Bonchev–Trinajstić information content (AvgIpc) is 3.02. The summed E-state index contributed by atoms with van der Waals surface area (Å²) in [6, 6.07) is 27.0. The fourth-order valence-corrected chi connectivity index (χ4v) is 6.99. The van der Waals surface area contributed by atoms with Gasteiger partial charge in [0.25, 0.3) is 0 Å². The van der Waals surface area contributed by atoms with Gasteiger partial charge in [0.2, 0.25) is 10.0 Å². The molecule has 3 aromatic rings. The van der Waals surface area contributed by atoms with E-state index >= 15 is 0 Å². The van der Waals surface area contributed by atoms with Gasteiger partial charge in [-0.1, -0.05) is 85.3 Å². The molecule has 0 aromatic heterocycles. The second-order valence-corrected chi connectivity index (χ2v) is 13.3. The van der Waals surface area contributed by atoms with Crippen LogP contribution in [0.4, 0.5) is 4.79 Å². The summed E-state index contributed by atoms with van der Waals surface area (Å²) in [5.41, 5.74) is 3.30. The van der Waals surface area contributed by atoms with Crippen molar-refractivity contribution in [1.82, 2.24) is 14.1 Å². The highest BCUT2D eigenvalue weighted by molar-refractivity contribution is 7.89. The standard InChI is InChI=1S/C34H45N3O4S/c1-4-21-37(34(38)41-27-29-13-11-12-28(2)25-29)32-19-23-36(24-20-32)22-18-31(30-14-7-5-8-15-30)26-35(3)42(39,40)33-16-9-6-10-17-33/h5-17,25,31-32H,4,18-24,26-27H2,1-3H3/t31-/m1/s1. The molecule has 1 aliphatic heterocycles. The molecule has 1 heterocycles. The third-order valence-electron chi connectivity index (χ3n) is 8.14. The smallest absolute Gasteiger partial charge is 0.410 e. The number of hydrogen-bond acceptors (Lipinski definition) is 5. The fourth-order valence-electron chi connectivity index (χ4n) is 5.76. The third-order valence-corrected chi connectivity index (χ3v) is 9.97. The predicted molar refractivity (Wildman–Crippen MR) is 168 cm³/mol. The zero-order chi connectivity index (χ0) is 30.0. The van der Waals surface area contributed by atoms with E-state index in [1.165, 1.54) is 4.31 Å². The minimum absolute atomic E-state index is 0.0700. The molecule has 8 heteroatoms. The lowest BCUT2D eigenvalue weighted by Crippen LogP contribution is -2.48. The molecule has 0 bridgehead atoms. The van der Waals surface area contributed by atoms with E-state index in [0.29, 0.717) is 18.0 Å². The quantitative estimate of drug-likeness (QED) is 0.233. The number of benzene rings is 3. The van der Waals surface area contributed by atoms with Crippen molar-refractivity contribution < 1.29 is 17.9 Å². The summed E-state index contributed by atoms with van der Waals surface area (Å²) < 4.78 is 33.7. The van der Waals surface area contributed by atoms with Gasteiger partial charge in [0.1, 0.15) is 6.61 Å². The Hall–Kier alpha value is -3.20. The molecule has 1 atom stereocenters. The van der Waals surface area contributed by atoms with Gasteiger partial charge in [-0.05, 0) is 68.3 Å². The normalized spacial score (nSPS) is 15.4. The van der Waals surface area contributed by atoms with Crippen LogP contribution in [-0.4, -0.2) is 74.4 Å². The molecule has 0 radical (unpaired) electrons. The van der Waals surface area contributed by atoms with Crippen LogP contribution in [0.25, 0.3) is 0 Å². The first-order valence-corrected chi connectivity index (χ1v) is 16.5. The van der Waals surface area contributed by atoms with Gasteiger partial charge in [-0.15, -0.1) is 0 Å². The zero-order valence-corrected chi connectivity index (χ0v) is 26.0. The maximum atomic E-state index is 13.2. The Bertz CT molecular complexity index is 1360. The molecule has 0 spiro atoms. The number of carbonyl (C=O) groups excluding carboxylic acids is 1. The minimum atomic E-state index is -3.57. The molecule has 1 aliphatic rings. The number of carbonyl (C=O) groups is 1. The fraction of sp³-hybridized carbons (Fsp3) is 0.441. The second kappa shape index (κ2) is 15.3. The predicted octanol–water partition coefficient (Wildman–Crippen LogP) is 6.30. The summed E-state index contributed by atoms with van der Waals surface area (Å²) in [4.78, 5) is 17.7. The van der Waals surface area contributed by atoms with Crippen molar-refractivity contribution in [2.24, 2.45) is 0 Å². The maximum Gasteiger partial charge on any atom is 0.410 e. The van der Waals surface area contributed by atoms with Crippen LogP contribution in [-0.2, 0) is 21.4 Å². The lowest BCUT2D eigenvalue weighted by molar-refractivity contribution is 0.0601. The van der Waals surface area contributed by atoms with Crippen LogP contribution < -0.4 is 0 Å². The van der Waals surface area contributed by atoms with Crippen LogP contribution in [0.1, 0.15) is 55.2 Å². The Balaban J connectivity index is 1.33.